The molecule has 0 bridgehead atoms. The third-order valence-electron chi connectivity index (χ3n) is 6.79. The lowest BCUT2D eigenvalue weighted by molar-refractivity contribution is 0.218. The Labute approximate surface area is 172 Å². The van der Waals surface area contributed by atoms with Crippen molar-refractivity contribution in [2.24, 2.45) is 5.73 Å². The minimum Gasteiger partial charge on any atom is -0.394 e. The summed E-state index contributed by atoms with van der Waals surface area (Å²) in [5.41, 5.74) is 7.26. The van der Waals surface area contributed by atoms with Gasteiger partial charge >= 0.3 is 0 Å². The van der Waals surface area contributed by atoms with E-state index in [0.29, 0.717) is 29.9 Å². The lowest BCUT2D eigenvalue weighted by Crippen LogP contribution is -2.38. The van der Waals surface area contributed by atoms with Crippen LogP contribution in [0, 0.1) is 0 Å². The maximum absolute atomic E-state index is 9.89. The van der Waals surface area contributed by atoms with E-state index in [9.17, 15) is 5.11 Å². The van der Waals surface area contributed by atoms with Gasteiger partial charge in [0.25, 0.3) is 0 Å². The Kier molecular flexibility index (Phi) is 5.92. The minimum absolute atomic E-state index is 0.0294. The number of aliphatic hydroxyl groups is 1. The molecule has 0 aliphatic heterocycles. The van der Waals surface area contributed by atoms with E-state index in [2.05, 4.69) is 27.1 Å². The van der Waals surface area contributed by atoms with Crippen molar-refractivity contribution in [2.75, 3.05) is 17.2 Å². The number of rotatable bonds is 7. The second-order valence-corrected chi connectivity index (χ2v) is 9.11. The van der Waals surface area contributed by atoms with Crippen molar-refractivity contribution in [1.29, 1.82) is 0 Å². The fourth-order valence-electron chi connectivity index (χ4n) is 4.49. The van der Waals surface area contributed by atoms with E-state index in [4.69, 9.17) is 15.7 Å². The summed E-state index contributed by atoms with van der Waals surface area (Å²) in [7, 11) is 0. The molecule has 1 atom stereocenters. The normalized spacial score (nSPS) is 25.2. The monoisotopic (exact) mass is 401 g/mol. The third kappa shape index (κ3) is 4.33. The van der Waals surface area contributed by atoms with Gasteiger partial charge in [-0.3, -0.25) is 0 Å². The summed E-state index contributed by atoms with van der Waals surface area (Å²) in [5, 5.41) is 16.9. The fourth-order valence-corrected chi connectivity index (χ4v) is 4.49. The van der Waals surface area contributed by atoms with Crippen molar-refractivity contribution in [3.63, 3.8) is 0 Å². The first-order chi connectivity index (χ1) is 14.0. The first kappa shape index (κ1) is 20.3. The second-order valence-electron chi connectivity index (χ2n) is 9.11. The number of imidazole rings is 1. The van der Waals surface area contributed by atoms with Gasteiger partial charge in [-0.15, -0.1) is 0 Å². The number of nitrogens with zero attached hydrogens (tertiary/aromatic N) is 4. The van der Waals surface area contributed by atoms with Crippen molar-refractivity contribution in [3.05, 3.63) is 6.33 Å². The predicted octanol–water partition coefficient (Wildman–Crippen LogP) is 3.20. The Hall–Kier alpha value is -1.93. The van der Waals surface area contributed by atoms with E-state index >= 15 is 0 Å². The highest BCUT2D eigenvalue weighted by Gasteiger charge is 2.27. The van der Waals surface area contributed by atoms with Crippen molar-refractivity contribution in [3.8, 4) is 0 Å². The summed E-state index contributed by atoms with van der Waals surface area (Å²) in [5.74, 6) is 1.33. The van der Waals surface area contributed by atoms with Crippen molar-refractivity contribution in [1.82, 2.24) is 19.5 Å². The van der Waals surface area contributed by atoms with Crippen molar-refractivity contribution in [2.45, 2.75) is 95.3 Å². The smallest absolute Gasteiger partial charge is 0.227 e. The molecule has 2 aromatic heterocycles. The van der Waals surface area contributed by atoms with Crippen LogP contribution in [0.1, 0.15) is 77.7 Å². The quantitative estimate of drug-likeness (QED) is 0.563. The van der Waals surface area contributed by atoms with Gasteiger partial charge in [-0.05, 0) is 51.9 Å². The van der Waals surface area contributed by atoms with Crippen LogP contribution in [-0.4, -0.2) is 48.9 Å². The van der Waals surface area contributed by atoms with Gasteiger partial charge in [-0.2, -0.15) is 9.97 Å². The molecule has 2 heterocycles. The Morgan fingerprint density at radius 3 is 2.55 bits per heavy atom. The van der Waals surface area contributed by atoms with Crippen LogP contribution in [0.5, 0.6) is 0 Å². The molecule has 0 amide bonds. The Morgan fingerprint density at radius 2 is 1.90 bits per heavy atom. The maximum Gasteiger partial charge on any atom is 0.227 e. The largest absolute Gasteiger partial charge is 0.394 e. The summed E-state index contributed by atoms with van der Waals surface area (Å²) in [6.07, 6.45) is 11.7. The van der Waals surface area contributed by atoms with Crippen LogP contribution in [0.2, 0.25) is 0 Å². The van der Waals surface area contributed by atoms with Crippen LogP contribution < -0.4 is 16.4 Å². The summed E-state index contributed by atoms with van der Waals surface area (Å²) in [6, 6.07) is 1.12. The van der Waals surface area contributed by atoms with Crippen molar-refractivity contribution >= 4 is 22.9 Å². The number of nitrogens with one attached hydrogen (secondary N) is 2. The Balaban J connectivity index is 1.69. The molecule has 2 aromatic rings. The zero-order chi connectivity index (χ0) is 20.4. The molecule has 0 aromatic carbocycles. The lowest BCUT2D eigenvalue weighted by atomic mass is 9.92. The molecule has 1 unspecified atom stereocenters. The van der Waals surface area contributed by atoms with Gasteiger partial charge in [0.1, 0.15) is 0 Å². The van der Waals surface area contributed by atoms with E-state index in [0.717, 1.165) is 43.3 Å². The topological polar surface area (TPSA) is 114 Å². The molecule has 2 aliphatic carbocycles. The van der Waals surface area contributed by atoms with Gasteiger partial charge in [0.15, 0.2) is 17.0 Å². The minimum atomic E-state index is -0.451. The molecule has 0 saturated heterocycles. The highest BCUT2D eigenvalue weighted by Crippen LogP contribution is 2.34. The second kappa shape index (κ2) is 8.44. The maximum atomic E-state index is 9.89. The van der Waals surface area contributed by atoms with Crippen molar-refractivity contribution < 1.29 is 5.11 Å². The number of fused-ring (bicyclic) bond motifs is 1. The molecule has 5 N–H and O–H groups in total. The van der Waals surface area contributed by atoms with Crippen LogP contribution >= 0.6 is 0 Å². The summed E-state index contributed by atoms with van der Waals surface area (Å²) >= 11 is 0. The average Bonchev–Trinajstić information content (AvgIpc) is 3.39. The third-order valence-corrected chi connectivity index (χ3v) is 6.79. The lowest BCUT2D eigenvalue weighted by Gasteiger charge is -2.29. The summed E-state index contributed by atoms with van der Waals surface area (Å²) < 4.78 is 2.22. The number of hydrogen-bond acceptors (Lipinski definition) is 7. The van der Waals surface area contributed by atoms with E-state index in [-0.39, 0.29) is 6.61 Å². The Morgan fingerprint density at radius 1 is 1.17 bits per heavy atom. The van der Waals surface area contributed by atoms with Crippen LogP contribution in [0.3, 0.4) is 0 Å². The molecule has 0 spiro atoms. The van der Waals surface area contributed by atoms with Crippen LogP contribution in [0.15, 0.2) is 6.33 Å². The fraction of sp³-hybridized carbons (Fsp3) is 0.762. The molecule has 8 heteroatoms. The summed E-state index contributed by atoms with van der Waals surface area (Å²) in [4.78, 5) is 14.3. The molecule has 29 heavy (non-hydrogen) atoms. The number of aromatic nitrogens is 4. The number of aliphatic hydroxyl groups excluding tert-OH is 1. The SMILES string of the molecule is CCC(C)(CO)Nc1nc(NC2CCC(N)CC2)nc2c1ncn2C1CCCC1. The van der Waals surface area contributed by atoms with Crippen LogP contribution in [0.25, 0.3) is 11.2 Å². The molecular weight excluding hydrogens is 366 g/mol. The van der Waals surface area contributed by atoms with Gasteiger partial charge in [0.2, 0.25) is 5.95 Å². The number of anilines is 2. The van der Waals surface area contributed by atoms with E-state index in [1.807, 2.05) is 13.3 Å². The first-order valence-electron chi connectivity index (χ1n) is 11.2. The number of nitrogens with two attached hydrogens (primary N) is 1. The van der Waals surface area contributed by atoms with Crippen LogP contribution in [-0.2, 0) is 0 Å². The Bertz CT molecular complexity index is 818. The zero-order valence-corrected chi connectivity index (χ0v) is 17.7. The van der Waals surface area contributed by atoms with E-state index in [1.165, 1.54) is 25.7 Å². The van der Waals surface area contributed by atoms with Crippen LogP contribution in [0.4, 0.5) is 11.8 Å². The molecular formula is C21H35N7O. The van der Waals surface area contributed by atoms with E-state index in [1.54, 1.807) is 0 Å². The highest BCUT2D eigenvalue weighted by atomic mass is 16.3. The molecule has 160 valence electrons. The molecule has 2 fully saturated rings. The highest BCUT2D eigenvalue weighted by molar-refractivity contribution is 5.84. The summed E-state index contributed by atoms with van der Waals surface area (Å²) in [6.45, 7) is 4.09. The van der Waals surface area contributed by atoms with E-state index < -0.39 is 5.54 Å². The average molecular weight is 402 g/mol. The standard InChI is InChI=1S/C21H35N7O/c1-3-21(2,12-29)27-18-17-19(28(13-23-17)16-6-4-5-7-16)26-20(25-18)24-15-10-8-14(22)9-11-15/h13-16,29H,3-12,22H2,1-2H3,(H2,24,25,26,27). The van der Waals surface area contributed by atoms with Gasteiger partial charge in [0, 0.05) is 18.1 Å². The molecule has 2 aliphatic rings. The van der Waals surface area contributed by atoms with Gasteiger partial charge < -0.3 is 26.0 Å². The molecule has 4 rings (SSSR count). The molecule has 2 saturated carbocycles. The van der Waals surface area contributed by atoms with Gasteiger partial charge in [-0.25, -0.2) is 4.98 Å². The van der Waals surface area contributed by atoms with Gasteiger partial charge in [-0.1, -0.05) is 19.8 Å². The zero-order valence-electron chi connectivity index (χ0n) is 17.7. The number of hydrogen-bond donors (Lipinski definition) is 4. The van der Waals surface area contributed by atoms with Gasteiger partial charge in [0.05, 0.1) is 18.5 Å². The molecule has 8 nitrogen and oxygen atoms in total. The predicted molar refractivity (Wildman–Crippen MR) is 116 cm³/mol. The molecule has 0 radical (unpaired) electrons. The first-order valence-corrected chi connectivity index (χ1v) is 11.2.